The molecule has 2 aromatic rings. The summed E-state index contributed by atoms with van der Waals surface area (Å²) in [5.74, 6) is 0.692. The molecule has 2 rings (SSSR count). The summed E-state index contributed by atoms with van der Waals surface area (Å²) in [4.78, 5) is 4.12. The van der Waals surface area contributed by atoms with Gasteiger partial charge in [-0.1, -0.05) is 0 Å². The Bertz CT molecular complexity index is 523. The van der Waals surface area contributed by atoms with E-state index in [1.807, 2.05) is 28.8 Å². The lowest BCUT2D eigenvalue weighted by Gasteiger charge is -1.97. The molecule has 0 unspecified atom stereocenters. The Balaban J connectivity index is 2.84. The van der Waals surface area contributed by atoms with Gasteiger partial charge in [0.2, 0.25) is 0 Å². The van der Waals surface area contributed by atoms with E-state index < -0.39 is 0 Å². The van der Waals surface area contributed by atoms with Gasteiger partial charge in [0.25, 0.3) is 0 Å². The Morgan fingerprint density at radius 3 is 3.00 bits per heavy atom. The van der Waals surface area contributed by atoms with Gasteiger partial charge in [-0.2, -0.15) is 5.26 Å². The van der Waals surface area contributed by atoms with E-state index in [2.05, 4.69) is 20.9 Å². The SMILES string of the molecule is N#Cc1nc(CN)n2cc(Br)ccc12. The third-order valence-corrected chi connectivity index (χ3v) is 2.43. The van der Waals surface area contributed by atoms with Crippen LogP contribution in [0.15, 0.2) is 22.8 Å². The van der Waals surface area contributed by atoms with Crippen molar-refractivity contribution in [3.63, 3.8) is 0 Å². The Morgan fingerprint density at radius 2 is 2.36 bits per heavy atom. The summed E-state index contributed by atoms with van der Waals surface area (Å²) in [6.45, 7) is 0.319. The molecular weight excluding hydrogens is 244 g/mol. The lowest BCUT2D eigenvalue weighted by atomic mass is 10.3. The van der Waals surface area contributed by atoms with Gasteiger partial charge in [0.1, 0.15) is 11.9 Å². The summed E-state index contributed by atoms with van der Waals surface area (Å²) in [7, 11) is 0. The van der Waals surface area contributed by atoms with Crippen LogP contribution in [0, 0.1) is 11.3 Å². The van der Waals surface area contributed by atoms with Crippen LogP contribution in [0.5, 0.6) is 0 Å². The van der Waals surface area contributed by atoms with E-state index in [9.17, 15) is 0 Å². The first-order valence-electron chi connectivity index (χ1n) is 4.03. The van der Waals surface area contributed by atoms with Crippen molar-refractivity contribution in [1.29, 1.82) is 5.26 Å². The zero-order chi connectivity index (χ0) is 10.1. The summed E-state index contributed by atoms with van der Waals surface area (Å²) in [5, 5.41) is 8.84. The number of fused-ring (bicyclic) bond motifs is 1. The largest absolute Gasteiger partial charge is 0.324 e. The summed E-state index contributed by atoms with van der Waals surface area (Å²) < 4.78 is 2.75. The van der Waals surface area contributed by atoms with Gasteiger partial charge in [0.15, 0.2) is 5.69 Å². The summed E-state index contributed by atoms with van der Waals surface area (Å²) >= 11 is 3.35. The number of nitriles is 1. The molecule has 0 saturated carbocycles. The third-order valence-electron chi connectivity index (χ3n) is 1.96. The molecule has 0 amide bonds. The molecule has 5 heteroatoms. The number of imidazole rings is 1. The standard InChI is InChI=1S/C9H7BrN4/c10-6-1-2-8-7(3-11)13-9(4-12)14(8)5-6/h1-2,5H,4,12H2. The lowest BCUT2D eigenvalue weighted by Crippen LogP contribution is -2.02. The molecule has 0 fully saturated rings. The molecule has 0 atom stereocenters. The van der Waals surface area contributed by atoms with Crippen molar-refractivity contribution in [2.75, 3.05) is 0 Å². The fourth-order valence-electron chi connectivity index (χ4n) is 1.35. The average Bonchev–Trinajstić information content (AvgIpc) is 2.55. The number of pyridine rings is 1. The van der Waals surface area contributed by atoms with Gasteiger partial charge >= 0.3 is 0 Å². The second-order valence-electron chi connectivity index (χ2n) is 2.80. The van der Waals surface area contributed by atoms with E-state index >= 15 is 0 Å². The molecule has 0 spiro atoms. The number of aromatic nitrogens is 2. The Kier molecular flexibility index (Phi) is 2.23. The van der Waals surface area contributed by atoms with E-state index in [0.29, 0.717) is 18.1 Å². The van der Waals surface area contributed by atoms with Crippen LogP contribution in [-0.2, 0) is 6.54 Å². The van der Waals surface area contributed by atoms with Crippen molar-refractivity contribution in [3.8, 4) is 6.07 Å². The van der Waals surface area contributed by atoms with Crippen molar-refractivity contribution < 1.29 is 0 Å². The maximum Gasteiger partial charge on any atom is 0.166 e. The van der Waals surface area contributed by atoms with Crippen molar-refractivity contribution >= 4 is 21.4 Å². The van der Waals surface area contributed by atoms with Crippen molar-refractivity contribution in [1.82, 2.24) is 9.38 Å². The van der Waals surface area contributed by atoms with Gasteiger partial charge in [-0.3, -0.25) is 0 Å². The minimum absolute atomic E-state index is 0.319. The fourth-order valence-corrected chi connectivity index (χ4v) is 1.68. The maximum atomic E-state index is 8.84. The monoisotopic (exact) mass is 250 g/mol. The van der Waals surface area contributed by atoms with Crippen LogP contribution in [0.2, 0.25) is 0 Å². The van der Waals surface area contributed by atoms with E-state index in [1.165, 1.54) is 0 Å². The van der Waals surface area contributed by atoms with Crippen LogP contribution in [0.25, 0.3) is 5.52 Å². The predicted molar refractivity (Wildman–Crippen MR) is 55.5 cm³/mol. The topological polar surface area (TPSA) is 67.1 Å². The number of hydrogen-bond acceptors (Lipinski definition) is 3. The number of hydrogen-bond donors (Lipinski definition) is 1. The highest BCUT2D eigenvalue weighted by molar-refractivity contribution is 9.10. The maximum absolute atomic E-state index is 8.84. The molecule has 0 aliphatic heterocycles. The van der Waals surface area contributed by atoms with Gasteiger partial charge in [0, 0.05) is 10.7 Å². The van der Waals surface area contributed by atoms with E-state index in [0.717, 1.165) is 9.99 Å². The van der Waals surface area contributed by atoms with Gasteiger partial charge in [-0.05, 0) is 28.1 Å². The molecule has 0 bridgehead atoms. The quantitative estimate of drug-likeness (QED) is 0.833. The zero-order valence-corrected chi connectivity index (χ0v) is 8.82. The zero-order valence-electron chi connectivity index (χ0n) is 7.24. The molecule has 2 N–H and O–H groups in total. The second-order valence-corrected chi connectivity index (χ2v) is 3.71. The molecule has 2 heterocycles. The molecule has 0 aromatic carbocycles. The van der Waals surface area contributed by atoms with Crippen LogP contribution in [0.3, 0.4) is 0 Å². The third kappa shape index (κ3) is 1.29. The van der Waals surface area contributed by atoms with Crippen LogP contribution in [-0.4, -0.2) is 9.38 Å². The Morgan fingerprint density at radius 1 is 1.57 bits per heavy atom. The van der Waals surface area contributed by atoms with E-state index in [4.69, 9.17) is 11.0 Å². The average molecular weight is 251 g/mol. The van der Waals surface area contributed by atoms with E-state index in [-0.39, 0.29) is 0 Å². The highest BCUT2D eigenvalue weighted by Crippen LogP contribution is 2.16. The first kappa shape index (κ1) is 9.19. The van der Waals surface area contributed by atoms with Crippen molar-refractivity contribution in [3.05, 3.63) is 34.3 Å². The Labute approximate surface area is 89.1 Å². The van der Waals surface area contributed by atoms with Crippen LogP contribution < -0.4 is 5.73 Å². The van der Waals surface area contributed by atoms with Gasteiger partial charge < -0.3 is 10.1 Å². The normalized spacial score (nSPS) is 10.4. The molecule has 0 saturated heterocycles. The molecule has 70 valence electrons. The van der Waals surface area contributed by atoms with E-state index in [1.54, 1.807) is 0 Å². The minimum atomic E-state index is 0.319. The van der Waals surface area contributed by atoms with Gasteiger partial charge in [-0.25, -0.2) is 4.98 Å². The lowest BCUT2D eigenvalue weighted by molar-refractivity contribution is 0.900. The molecular formula is C9H7BrN4. The highest BCUT2D eigenvalue weighted by atomic mass is 79.9. The molecule has 2 aromatic heterocycles. The molecule has 0 aliphatic rings. The molecule has 14 heavy (non-hydrogen) atoms. The molecule has 4 nitrogen and oxygen atoms in total. The van der Waals surface area contributed by atoms with Gasteiger partial charge in [-0.15, -0.1) is 0 Å². The number of halogens is 1. The molecule has 0 aliphatic carbocycles. The fraction of sp³-hybridized carbons (Fsp3) is 0.111. The first-order valence-corrected chi connectivity index (χ1v) is 4.82. The number of nitrogens with zero attached hydrogens (tertiary/aromatic N) is 3. The smallest absolute Gasteiger partial charge is 0.166 e. The molecule has 0 radical (unpaired) electrons. The van der Waals surface area contributed by atoms with Gasteiger partial charge in [0.05, 0.1) is 12.1 Å². The van der Waals surface area contributed by atoms with Crippen LogP contribution in [0.4, 0.5) is 0 Å². The Hall–Kier alpha value is -1.38. The summed E-state index contributed by atoms with van der Waals surface area (Å²) in [5.41, 5.74) is 6.73. The summed E-state index contributed by atoms with van der Waals surface area (Å²) in [6, 6.07) is 5.76. The number of rotatable bonds is 1. The predicted octanol–water partition coefficient (Wildman–Crippen LogP) is 1.43. The second kappa shape index (κ2) is 3.40. The summed E-state index contributed by atoms with van der Waals surface area (Å²) in [6.07, 6.45) is 1.85. The van der Waals surface area contributed by atoms with Crippen molar-refractivity contribution in [2.24, 2.45) is 5.73 Å². The number of nitrogens with two attached hydrogens (primary N) is 1. The minimum Gasteiger partial charge on any atom is -0.324 e. The first-order chi connectivity index (χ1) is 6.76. The highest BCUT2D eigenvalue weighted by Gasteiger charge is 2.08. The van der Waals surface area contributed by atoms with Crippen LogP contribution >= 0.6 is 15.9 Å². The van der Waals surface area contributed by atoms with Crippen LogP contribution in [0.1, 0.15) is 11.5 Å². The van der Waals surface area contributed by atoms with Crippen molar-refractivity contribution in [2.45, 2.75) is 6.54 Å².